The van der Waals surface area contributed by atoms with Gasteiger partial charge in [0.15, 0.2) is 0 Å². The third kappa shape index (κ3) is 5.27. The first-order valence-corrected chi connectivity index (χ1v) is 5.64. The lowest BCUT2D eigenvalue weighted by atomic mass is 10.1. The molecule has 1 aliphatic rings. The number of nitrogens with one attached hydrogen (secondary N) is 1. The Balaban J connectivity index is 1.83. The molecule has 0 heterocycles. The number of rotatable bonds is 6. The third-order valence-electron chi connectivity index (χ3n) is 2.87. The van der Waals surface area contributed by atoms with Crippen molar-refractivity contribution in [1.29, 1.82) is 0 Å². The van der Waals surface area contributed by atoms with Crippen LogP contribution in [0.4, 0.5) is 0 Å². The highest BCUT2D eigenvalue weighted by Gasteiger charge is 2.13. The maximum Gasteiger partial charge on any atom is -0.00127 e. The average Bonchev–Trinajstić information content (AvgIpc) is 2.55. The highest BCUT2D eigenvalue weighted by atomic mass is 15.1. The van der Waals surface area contributed by atoms with Crippen LogP contribution < -0.4 is 5.32 Å². The smallest absolute Gasteiger partial charge is 0.00127 e. The van der Waals surface area contributed by atoms with Crippen molar-refractivity contribution >= 4 is 0 Å². The van der Waals surface area contributed by atoms with Gasteiger partial charge in [0.2, 0.25) is 0 Å². The van der Waals surface area contributed by atoms with Crippen molar-refractivity contribution in [3.8, 4) is 0 Å². The van der Waals surface area contributed by atoms with Crippen LogP contribution in [-0.2, 0) is 0 Å². The molecule has 13 heavy (non-hydrogen) atoms. The molecule has 0 unspecified atom stereocenters. The van der Waals surface area contributed by atoms with E-state index in [1.165, 1.54) is 51.7 Å². The van der Waals surface area contributed by atoms with Crippen molar-refractivity contribution in [2.45, 2.75) is 32.1 Å². The number of hydrogen-bond donors (Lipinski definition) is 1. The molecule has 0 spiro atoms. The molecule has 0 bridgehead atoms. The Morgan fingerprint density at radius 1 is 1.23 bits per heavy atom. The van der Waals surface area contributed by atoms with Crippen molar-refractivity contribution in [3.05, 3.63) is 0 Å². The van der Waals surface area contributed by atoms with Gasteiger partial charge in [0.05, 0.1) is 0 Å². The van der Waals surface area contributed by atoms with Crippen molar-refractivity contribution in [2.75, 3.05) is 33.7 Å². The molecule has 0 aromatic carbocycles. The molecule has 0 saturated heterocycles. The maximum absolute atomic E-state index is 3.56. The van der Waals surface area contributed by atoms with Gasteiger partial charge in [-0.05, 0) is 58.9 Å². The predicted molar refractivity (Wildman–Crippen MR) is 58.0 cm³/mol. The van der Waals surface area contributed by atoms with Gasteiger partial charge in [-0.1, -0.05) is 12.8 Å². The first-order valence-electron chi connectivity index (χ1n) is 5.64. The minimum atomic E-state index is 0.986. The van der Waals surface area contributed by atoms with Crippen molar-refractivity contribution in [2.24, 2.45) is 5.92 Å². The number of hydrogen-bond acceptors (Lipinski definition) is 2. The number of nitrogens with zero attached hydrogens (tertiary/aromatic N) is 1. The van der Waals surface area contributed by atoms with Gasteiger partial charge >= 0.3 is 0 Å². The molecule has 1 aliphatic carbocycles. The zero-order valence-corrected chi connectivity index (χ0v) is 9.18. The SMILES string of the molecule is CN(C)CCCNCC1CCCC1. The second-order valence-corrected chi connectivity index (χ2v) is 4.51. The minimum Gasteiger partial charge on any atom is -0.316 e. The zero-order valence-electron chi connectivity index (χ0n) is 9.18. The molecule has 78 valence electrons. The van der Waals surface area contributed by atoms with Crippen LogP contribution in [0.25, 0.3) is 0 Å². The lowest BCUT2D eigenvalue weighted by molar-refractivity contribution is 0.388. The molecule has 2 nitrogen and oxygen atoms in total. The summed E-state index contributed by atoms with van der Waals surface area (Å²) >= 11 is 0. The Labute approximate surface area is 82.7 Å². The Morgan fingerprint density at radius 3 is 2.54 bits per heavy atom. The quantitative estimate of drug-likeness (QED) is 0.632. The molecule has 1 rings (SSSR count). The zero-order chi connectivity index (χ0) is 9.52. The van der Waals surface area contributed by atoms with Gasteiger partial charge in [0, 0.05) is 0 Å². The lowest BCUT2D eigenvalue weighted by Gasteiger charge is -2.12. The molecule has 1 N–H and O–H groups in total. The summed E-state index contributed by atoms with van der Waals surface area (Å²) in [6.45, 7) is 3.65. The highest BCUT2D eigenvalue weighted by Crippen LogP contribution is 2.23. The van der Waals surface area contributed by atoms with E-state index in [1.807, 2.05) is 0 Å². The minimum absolute atomic E-state index is 0.986. The molecule has 1 saturated carbocycles. The molecular weight excluding hydrogens is 160 g/mol. The van der Waals surface area contributed by atoms with E-state index in [4.69, 9.17) is 0 Å². The third-order valence-corrected chi connectivity index (χ3v) is 2.87. The molecule has 0 aromatic rings. The van der Waals surface area contributed by atoms with Gasteiger partial charge in [-0.3, -0.25) is 0 Å². The van der Waals surface area contributed by atoms with Crippen LogP contribution in [0.15, 0.2) is 0 Å². The second-order valence-electron chi connectivity index (χ2n) is 4.51. The van der Waals surface area contributed by atoms with Gasteiger partial charge in [-0.15, -0.1) is 0 Å². The monoisotopic (exact) mass is 184 g/mol. The summed E-state index contributed by atoms with van der Waals surface area (Å²) < 4.78 is 0. The Morgan fingerprint density at radius 2 is 1.92 bits per heavy atom. The lowest BCUT2D eigenvalue weighted by Crippen LogP contribution is -2.25. The summed E-state index contributed by atoms with van der Waals surface area (Å²) in [5.74, 6) is 0.986. The Kier molecular flexibility index (Phi) is 5.40. The fraction of sp³-hybridized carbons (Fsp3) is 1.00. The largest absolute Gasteiger partial charge is 0.316 e. The summed E-state index contributed by atoms with van der Waals surface area (Å²) in [5, 5.41) is 3.56. The molecule has 0 amide bonds. The van der Waals surface area contributed by atoms with Crippen molar-refractivity contribution in [1.82, 2.24) is 10.2 Å². The topological polar surface area (TPSA) is 15.3 Å². The second kappa shape index (κ2) is 6.39. The van der Waals surface area contributed by atoms with E-state index in [-0.39, 0.29) is 0 Å². The molecule has 0 radical (unpaired) electrons. The Hall–Kier alpha value is -0.0800. The van der Waals surface area contributed by atoms with Gasteiger partial charge in [-0.2, -0.15) is 0 Å². The summed E-state index contributed by atoms with van der Waals surface area (Å²) in [6, 6.07) is 0. The first kappa shape index (κ1) is 11.0. The average molecular weight is 184 g/mol. The van der Waals surface area contributed by atoms with Crippen LogP contribution >= 0.6 is 0 Å². The van der Waals surface area contributed by atoms with E-state index in [0.717, 1.165) is 5.92 Å². The summed E-state index contributed by atoms with van der Waals surface area (Å²) in [4.78, 5) is 2.25. The molecular formula is C11H24N2. The maximum atomic E-state index is 3.56. The molecule has 0 aliphatic heterocycles. The van der Waals surface area contributed by atoms with E-state index in [0.29, 0.717) is 0 Å². The van der Waals surface area contributed by atoms with E-state index in [2.05, 4.69) is 24.3 Å². The van der Waals surface area contributed by atoms with Crippen LogP contribution in [-0.4, -0.2) is 38.6 Å². The molecule has 1 fully saturated rings. The van der Waals surface area contributed by atoms with Crippen molar-refractivity contribution < 1.29 is 0 Å². The van der Waals surface area contributed by atoms with Crippen LogP contribution in [0.2, 0.25) is 0 Å². The molecule has 0 atom stereocenters. The van der Waals surface area contributed by atoms with Gasteiger partial charge < -0.3 is 10.2 Å². The van der Waals surface area contributed by atoms with Crippen molar-refractivity contribution in [3.63, 3.8) is 0 Å². The highest BCUT2D eigenvalue weighted by molar-refractivity contribution is 4.69. The van der Waals surface area contributed by atoms with Crippen LogP contribution in [0, 0.1) is 5.92 Å². The van der Waals surface area contributed by atoms with Crippen LogP contribution in [0.5, 0.6) is 0 Å². The summed E-state index contributed by atoms with van der Waals surface area (Å²) in [7, 11) is 4.27. The van der Waals surface area contributed by atoms with Gasteiger partial charge in [-0.25, -0.2) is 0 Å². The van der Waals surface area contributed by atoms with Crippen LogP contribution in [0.1, 0.15) is 32.1 Å². The molecule has 0 aromatic heterocycles. The van der Waals surface area contributed by atoms with Gasteiger partial charge in [0.1, 0.15) is 0 Å². The van der Waals surface area contributed by atoms with E-state index in [9.17, 15) is 0 Å². The van der Waals surface area contributed by atoms with E-state index >= 15 is 0 Å². The summed E-state index contributed by atoms with van der Waals surface area (Å²) in [6.07, 6.45) is 7.12. The standard InChI is InChI=1S/C11H24N2/c1-13(2)9-5-8-12-10-11-6-3-4-7-11/h11-12H,3-10H2,1-2H3. The Bertz CT molecular complexity index is 117. The first-order chi connectivity index (χ1) is 6.29. The van der Waals surface area contributed by atoms with Crippen LogP contribution in [0.3, 0.4) is 0 Å². The van der Waals surface area contributed by atoms with E-state index in [1.54, 1.807) is 0 Å². The molecule has 2 heteroatoms. The fourth-order valence-electron chi connectivity index (χ4n) is 2.04. The normalized spacial score (nSPS) is 18.7. The predicted octanol–water partition coefficient (Wildman–Crippen LogP) is 1.72. The van der Waals surface area contributed by atoms with E-state index < -0.39 is 0 Å². The fourth-order valence-corrected chi connectivity index (χ4v) is 2.04. The van der Waals surface area contributed by atoms with Gasteiger partial charge in [0.25, 0.3) is 0 Å². The summed E-state index contributed by atoms with van der Waals surface area (Å²) in [5.41, 5.74) is 0.